The van der Waals surface area contributed by atoms with E-state index in [9.17, 15) is 4.79 Å². The Balaban J connectivity index is 1.88. The Bertz CT molecular complexity index is 705. The molecule has 5 nitrogen and oxygen atoms in total. The van der Waals surface area contributed by atoms with Crippen LogP contribution in [0.4, 0.5) is 5.69 Å². The summed E-state index contributed by atoms with van der Waals surface area (Å²) < 4.78 is 5.25. The second-order valence-electron chi connectivity index (χ2n) is 4.13. The number of benzene rings is 2. The Morgan fingerprint density at radius 3 is 2.40 bits per heavy atom. The number of carbonyl (C=O) groups is 1. The first-order valence-corrected chi connectivity index (χ1v) is 6.06. The summed E-state index contributed by atoms with van der Waals surface area (Å²) in [6, 6.07) is 16.8. The molecule has 0 spiro atoms. The molecule has 20 heavy (non-hydrogen) atoms. The van der Waals surface area contributed by atoms with Crippen LogP contribution in [-0.4, -0.2) is 16.6 Å². The van der Waals surface area contributed by atoms with Crippen molar-refractivity contribution in [2.24, 2.45) is 0 Å². The van der Waals surface area contributed by atoms with Gasteiger partial charge in [0.25, 0.3) is 5.89 Å². The second-order valence-corrected chi connectivity index (χ2v) is 4.13. The van der Waals surface area contributed by atoms with E-state index in [2.05, 4.69) is 15.5 Å². The summed E-state index contributed by atoms with van der Waals surface area (Å²) in [6.45, 7) is 0. The van der Waals surface area contributed by atoms with Crippen molar-refractivity contribution in [3.63, 3.8) is 0 Å². The molecule has 1 aromatic heterocycles. The van der Waals surface area contributed by atoms with Crippen molar-refractivity contribution in [3.05, 3.63) is 54.6 Å². The molecular weight excluding hydrogens is 254 g/mol. The lowest BCUT2D eigenvalue weighted by Crippen LogP contribution is -1.92. The molecule has 0 unspecified atom stereocenters. The quantitative estimate of drug-likeness (QED) is 0.736. The number of hydrogen-bond donors (Lipinski definition) is 1. The average molecular weight is 265 g/mol. The van der Waals surface area contributed by atoms with Crippen molar-refractivity contribution >= 4 is 12.1 Å². The maximum Gasteiger partial charge on any atom is 0.258 e. The van der Waals surface area contributed by atoms with Gasteiger partial charge in [0.05, 0.1) is 0 Å². The number of rotatable bonds is 4. The number of carbonyl (C=O) groups excluding carboxylic acids is 1. The number of nitrogens with one attached hydrogen (secondary N) is 1. The van der Waals surface area contributed by atoms with Crippen LogP contribution < -0.4 is 5.32 Å². The highest BCUT2D eigenvalue weighted by Crippen LogP contribution is 2.23. The second kappa shape index (κ2) is 5.36. The van der Waals surface area contributed by atoms with Crippen molar-refractivity contribution in [1.82, 2.24) is 10.1 Å². The number of hydrogen-bond acceptors (Lipinski definition) is 4. The molecule has 0 aliphatic heterocycles. The van der Waals surface area contributed by atoms with E-state index >= 15 is 0 Å². The highest BCUT2D eigenvalue weighted by atomic mass is 16.5. The summed E-state index contributed by atoms with van der Waals surface area (Å²) in [5, 5.41) is 6.53. The van der Waals surface area contributed by atoms with Crippen LogP contribution in [0.25, 0.3) is 22.8 Å². The van der Waals surface area contributed by atoms with Gasteiger partial charge in [-0.15, -0.1) is 0 Å². The van der Waals surface area contributed by atoms with Gasteiger partial charge < -0.3 is 9.84 Å². The zero-order chi connectivity index (χ0) is 13.8. The van der Waals surface area contributed by atoms with Crippen LogP contribution in [-0.2, 0) is 4.79 Å². The zero-order valence-corrected chi connectivity index (χ0v) is 10.5. The molecule has 2 aromatic carbocycles. The van der Waals surface area contributed by atoms with E-state index in [1.54, 1.807) is 12.1 Å². The molecule has 0 bridgehead atoms. The molecular formula is C15H11N3O2. The first-order valence-electron chi connectivity index (χ1n) is 6.06. The molecule has 0 fully saturated rings. The summed E-state index contributed by atoms with van der Waals surface area (Å²) in [6.07, 6.45) is 0.634. The smallest absolute Gasteiger partial charge is 0.258 e. The van der Waals surface area contributed by atoms with E-state index in [0.717, 1.165) is 11.1 Å². The van der Waals surface area contributed by atoms with E-state index in [1.807, 2.05) is 42.5 Å². The minimum absolute atomic E-state index is 0.446. The summed E-state index contributed by atoms with van der Waals surface area (Å²) in [5.74, 6) is 0.997. The first kappa shape index (κ1) is 12.1. The van der Waals surface area contributed by atoms with Crippen LogP contribution in [0, 0.1) is 0 Å². The van der Waals surface area contributed by atoms with Gasteiger partial charge in [0.1, 0.15) is 0 Å². The number of anilines is 1. The number of amides is 1. The highest BCUT2D eigenvalue weighted by molar-refractivity contribution is 5.72. The molecule has 98 valence electrons. The van der Waals surface area contributed by atoms with Crippen LogP contribution in [0.1, 0.15) is 0 Å². The monoisotopic (exact) mass is 265 g/mol. The maximum absolute atomic E-state index is 10.3. The zero-order valence-electron chi connectivity index (χ0n) is 10.5. The van der Waals surface area contributed by atoms with Gasteiger partial charge in [0.15, 0.2) is 0 Å². The topological polar surface area (TPSA) is 68.0 Å². The van der Waals surface area contributed by atoms with Crippen LogP contribution in [0.3, 0.4) is 0 Å². The molecule has 0 saturated heterocycles. The van der Waals surface area contributed by atoms with Crippen LogP contribution in [0.2, 0.25) is 0 Å². The predicted molar refractivity (Wildman–Crippen MR) is 74.9 cm³/mol. The van der Waals surface area contributed by atoms with Crippen molar-refractivity contribution < 1.29 is 9.32 Å². The lowest BCUT2D eigenvalue weighted by atomic mass is 10.2. The number of aromatic nitrogens is 2. The summed E-state index contributed by atoms with van der Waals surface area (Å²) in [5.41, 5.74) is 2.42. The standard InChI is InChI=1S/C15H11N3O2/c19-10-16-13-8-6-12(7-9-13)15-17-14(18-20-15)11-4-2-1-3-5-11/h1-10H,(H,16,19). The molecule has 1 amide bonds. The molecule has 0 aliphatic carbocycles. The lowest BCUT2D eigenvalue weighted by molar-refractivity contribution is -0.105. The van der Waals surface area contributed by atoms with E-state index in [0.29, 0.717) is 23.8 Å². The van der Waals surface area contributed by atoms with Crippen molar-refractivity contribution in [1.29, 1.82) is 0 Å². The minimum Gasteiger partial charge on any atom is -0.334 e. The Labute approximate surface area is 115 Å². The van der Waals surface area contributed by atoms with Crippen LogP contribution in [0.5, 0.6) is 0 Å². The van der Waals surface area contributed by atoms with E-state index < -0.39 is 0 Å². The van der Waals surface area contributed by atoms with Gasteiger partial charge in [0.2, 0.25) is 12.2 Å². The molecule has 1 heterocycles. The van der Waals surface area contributed by atoms with Crippen molar-refractivity contribution in [2.45, 2.75) is 0 Å². The van der Waals surface area contributed by atoms with Gasteiger partial charge in [-0.3, -0.25) is 4.79 Å². The molecule has 0 atom stereocenters. The van der Waals surface area contributed by atoms with Gasteiger partial charge in [-0.05, 0) is 24.3 Å². The Morgan fingerprint density at radius 1 is 0.950 bits per heavy atom. The fourth-order valence-corrected chi connectivity index (χ4v) is 1.82. The van der Waals surface area contributed by atoms with Gasteiger partial charge in [-0.25, -0.2) is 0 Å². The normalized spacial score (nSPS) is 10.2. The Hall–Kier alpha value is -2.95. The van der Waals surface area contributed by atoms with Crippen molar-refractivity contribution in [2.75, 3.05) is 5.32 Å². The molecule has 3 rings (SSSR count). The third-order valence-electron chi connectivity index (χ3n) is 2.82. The van der Waals surface area contributed by atoms with Gasteiger partial charge in [-0.1, -0.05) is 35.5 Å². The minimum atomic E-state index is 0.446. The lowest BCUT2D eigenvalue weighted by Gasteiger charge is -1.98. The largest absolute Gasteiger partial charge is 0.334 e. The van der Waals surface area contributed by atoms with Gasteiger partial charge >= 0.3 is 0 Å². The molecule has 3 aromatic rings. The van der Waals surface area contributed by atoms with E-state index in [4.69, 9.17) is 4.52 Å². The van der Waals surface area contributed by atoms with Crippen LogP contribution >= 0.6 is 0 Å². The SMILES string of the molecule is O=CNc1ccc(-c2nc(-c3ccccc3)no2)cc1. The Kier molecular flexibility index (Phi) is 3.24. The van der Waals surface area contributed by atoms with E-state index in [-0.39, 0.29) is 0 Å². The van der Waals surface area contributed by atoms with Crippen LogP contribution in [0.15, 0.2) is 59.1 Å². The summed E-state index contributed by atoms with van der Waals surface area (Å²) in [4.78, 5) is 14.7. The molecule has 5 heteroatoms. The fraction of sp³-hybridized carbons (Fsp3) is 0. The predicted octanol–water partition coefficient (Wildman–Crippen LogP) is 2.97. The van der Waals surface area contributed by atoms with Crippen molar-refractivity contribution in [3.8, 4) is 22.8 Å². The summed E-state index contributed by atoms with van der Waals surface area (Å²) >= 11 is 0. The van der Waals surface area contributed by atoms with E-state index in [1.165, 1.54) is 0 Å². The molecule has 0 radical (unpaired) electrons. The Morgan fingerprint density at radius 2 is 1.70 bits per heavy atom. The van der Waals surface area contributed by atoms with Gasteiger partial charge in [0, 0.05) is 16.8 Å². The summed E-state index contributed by atoms with van der Waals surface area (Å²) in [7, 11) is 0. The third kappa shape index (κ3) is 2.42. The average Bonchev–Trinajstić information content (AvgIpc) is 2.99. The first-order chi connectivity index (χ1) is 9.86. The number of nitrogens with zero attached hydrogens (tertiary/aromatic N) is 2. The molecule has 1 N–H and O–H groups in total. The fourth-order valence-electron chi connectivity index (χ4n) is 1.82. The van der Waals surface area contributed by atoms with Gasteiger partial charge in [-0.2, -0.15) is 4.98 Å². The molecule has 0 aliphatic rings. The highest BCUT2D eigenvalue weighted by Gasteiger charge is 2.09. The third-order valence-corrected chi connectivity index (χ3v) is 2.82. The molecule has 0 saturated carbocycles. The maximum atomic E-state index is 10.3.